The van der Waals surface area contributed by atoms with Crippen LogP contribution in [-0.4, -0.2) is 9.97 Å². The Labute approximate surface area is 131 Å². The number of thiazole rings is 1. The lowest BCUT2D eigenvalue weighted by molar-refractivity contribution is 0.463. The van der Waals surface area contributed by atoms with Crippen LogP contribution in [-0.2, 0) is 6.54 Å². The Morgan fingerprint density at radius 1 is 1.14 bits per heavy atom. The Bertz CT molecular complexity index is 718. The topological polar surface area (TPSA) is 47.0 Å². The number of nitrogens with one attached hydrogen (secondary N) is 1. The van der Waals surface area contributed by atoms with Crippen molar-refractivity contribution in [2.45, 2.75) is 6.54 Å². The molecule has 0 radical (unpaired) electrons. The molecule has 0 aliphatic heterocycles. The normalized spacial score (nSPS) is 10.3. The Kier molecular flexibility index (Phi) is 4.33. The fourth-order valence-electron chi connectivity index (χ4n) is 1.75. The summed E-state index contributed by atoms with van der Waals surface area (Å²) in [7, 11) is 0. The van der Waals surface area contributed by atoms with Gasteiger partial charge < -0.3 is 10.1 Å². The van der Waals surface area contributed by atoms with Crippen molar-refractivity contribution in [1.29, 1.82) is 0 Å². The Hall–Kier alpha value is -2.11. The van der Waals surface area contributed by atoms with E-state index in [9.17, 15) is 0 Å². The fourth-order valence-corrected chi connectivity index (χ4v) is 2.67. The Morgan fingerprint density at radius 2 is 2.10 bits per heavy atom. The predicted molar refractivity (Wildman–Crippen MR) is 85.2 cm³/mol. The van der Waals surface area contributed by atoms with Crippen LogP contribution in [0.1, 0.15) is 4.88 Å². The third-order valence-corrected chi connectivity index (χ3v) is 3.80. The molecule has 2 heterocycles. The second kappa shape index (κ2) is 6.56. The highest BCUT2D eigenvalue weighted by atomic mass is 35.5. The van der Waals surface area contributed by atoms with E-state index in [1.165, 1.54) is 11.3 Å². The summed E-state index contributed by atoms with van der Waals surface area (Å²) in [5, 5.41) is 3.31. The number of aromatic nitrogens is 2. The lowest BCUT2D eigenvalue weighted by Gasteiger charge is -2.08. The molecule has 1 N–H and O–H groups in total. The van der Waals surface area contributed by atoms with Gasteiger partial charge in [0.05, 0.1) is 6.54 Å². The first-order chi connectivity index (χ1) is 10.3. The van der Waals surface area contributed by atoms with E-state index in [-0.39, 0.29) is 0 Å². The number of anilines is 1. The van der Waals surface area contributed by atoms with E-state index < -0.39 is 0 Å². The molecule has 6 heteroatoms. The van der Waals surface area contributed by atoms with Crippen LogP contribution < -0.4 is 10.1 Å². The SMILES string of the molecule is Clc1ncc(CNc2cccc(Oc3ccccn3)c2)s1. The van der Waals surface area contributed by atoms with Crippen LogP contribution in [0.25, 0.3) is 0 Å². The molecule has 106 valence electrons. The third kappa shape index (κ3) is 3.93. The van der Waals surface area contributed by atoms with Gasteiger partial charge in [0.1, 0.15) is 5.75 Å². The van der Waals surface area contributed by atoms with Gasteiger partial charge in [0.15, 0.2) is 4.47 Å². The number of benzene rings is 1. The van der Waals surface area contributed by atoms with Crippen molar-refractivity contribution in [2.24, 2.45) is 0 Å². The minimum absolute atomic E-state index is 0.555. The number of hydrogen-bond acceptors (Lipinski definition) is 5. The van der Waals surface area contributed by atoms with Gasteiger partial charge in [-0.05, 0) is 18.2 Å². The molecule has 0 spiro atoms. The van der Waals surface area contributed by atoms with E-state index in [4.69, 9.17) is 16.3 Å². The summed E-state index contributed by atoms with van der Waals surface area (Å²) in [6, 6.07) is 13.3. The molecule has 0 aliphatic rings. The molecule has 0 bridgehead atoms. The summed E-state index contributed by atoms with van der Waals surface area (Å²) in [6.45, 7) is 0.678. The zero-order valence-electron chi connectivity index (χ0n) is 11.0. The molecule has 21 heavy (non-hydrogen) atoms. The van der Waals surface area contributed by atoms with Crippen LogP contribution in [0.3, 0.4) is 0 Å². The van der Waals surface area contributed by atoms with Gasteiger partial charge in [-0.25, -0.2) is 9.97 Å². The maximum Gasteiger partial charge on any atom is 0.219 e. The summed E-state index contributed by atoms with van der Waals surface area (Å²) in [5.74, 6) is 1.31. The number of halogens is 1. The minimum atomic E-state index is 0.555. The highest BCUT2D eigenvalue weighted by Crippen LogP contribution is 2.24. The first-order valence-electron chi connectivity index (χ1n) is 6.32. The quantitative estimate of drug-likeness (QED) is 0.747. The van der Waals surface area contributed by atoms with Crippen LogP contribution in [0, 0.1) is 0 Å². The molecule has 1 aromatic carbocycles. The summed E-state index contributed by atoms with van der Waals surface area (Å²) < 4.78 is 6.25. The van der Waals surface area contributed by atoms with Crippen molar-refractivity contribution in [3.8, 4) is 11.6 Å². The molecular weight excluding hydrogens is 306 g/mol. The van der Waals surface area contributed by atoms with Gasteiger partial charge in [0.25, 0.3) is 0 Å². The van der Waals surface area contributed by atoms with Crippen molar-refractivity contribution in [3.05, 3.63) is 64.2 Å². The number of rotatable bonds is 5. The van der Waals surface area contributed by atoms with Crippen molar-refractivity contribution in [3.63, 3.8) is 0 Å². The highest BCUT2D eigenvalue weighted by Gasteiger charge is 2.02. The predicted octanol–water partition coefficient (Wildman–Crippen LogP) is 4.60. The molecule has 0 amide bonds. The van der Waals surface area contributed by atoms with Gasteiger partial charge >= 0.3 is 0 Å². The summed E-state index contributed by atoms with van der Waals surface area (Å²) in [5.41, 5.74) is 0.966. The van der Waals surface area contributed by atoms with Crippen LogP contribution in [0.15, 0.2) is 54.9 Å². The first-order valence-corrected chi connectivity index (χ1v) is 7.52. The average molecular weight is 318 g/mol. The van der Waals surface area contributed by atoms with E-state index in [2.05, 4.69) is 15.3 Å². The van der Waals surface area contributed by atoms with E-state index in [1.54, 1.807) is 12.4 Å². The summed E-state index contributed by atoms with van der Waals surface area (Å²) >= 11 is 7.27. The van der Waals surface area contributed by atoms with Crippen LogP contribution in [0.2, 0.25) is 4.47 Å². The number of pyridine rings is 1. The second-order valence-corrected chi connectivity index (χ2v) is 5.93. The van der Waals surface area contributed by atoms with Crippen LogP contribution in [0.5, 0.6) is 11.6 Å². The Balaban J connectivity index is 1.65. The first kappa shape index (κ1) is 13.9. The monoisotopic (exact) mass is 317 g/mol. The number of hydrogen-bond donors (Lipinski definition) is 1. The van der Waals surface area contributed by atoms with Gasteiger partial charge in [-0.2, -0.15) is 0 Å². The lowest BCUT2D eigenvalue weighted by Crippen LogP contribution is -1.97. The van der Waals surface area contributed by atoms with Crippen molar-refractivity contribution in [1.82, 2.24) is 9.97 Å². The Morgan fingerprint density at radius 3 is 2.86 bits per heavy atom. The standard InChI is InChI=1S/C15H12ClN3OS/c16-15-19-10-13(21-15)9-18-11-4-3-5-12(8-11)20-14-6-1-2-7-17-14/h1-8,10,18H,9H2. The van der Waals surface area contributed by atoms with E-state index in [0.717, 1.165) is 16.3 Å². The molecule has 0 fully saturated rings. The van der Waals surface area contributed by atoms with Crippen molar-refractivity contribution >= 4 is 28.6 Å². The largest absolute Gasteiger partial charge is 0.439 e. The highest BCUT2D eigenvalue weighted by molar-refractivity contribution is 7.15. The zero-order chi connectivity index (χ0) is 14.5. The molecule has 0 unspecified atom stereocenters. The molecule has 3 aromatic rings. The molecule has 0 atom stereocenters. The molecule has 0 saturated carbocycles. The molecular formula is C15H12ClN3OS. The summed E-state index contributed by atoms with van der Waals surface area (Å²) in [6.07, 6.45) is 3.47. The van der Waals surface area contributed by atoms with E-state index in [1.807, 2.05) is 42.5 Å². The molecule has 0 aliphatic carbocycles. The van der Waals surface area contributed by atoms with E-state index >= 15 is 0 Å². The van der Waals surface area contributed by atoms with Gasteiger partial charge in [0, 0.05) is 35.1 Å². The van der Waals surface area contributed by atoms with Gasteiger partial charge in [-0.3, -0.25) is 0 Å². The third-order valence-electron chi connectivity index (χ3n) is 2.69. The molecule has 4 nitrogen and oxygen atoms in total. The van der Waals surface area contributed by atoms with Gasteiger partial charge in [0.2, 0.25) is 5.88 Å². The fraction of sp³-hybridized carbons (Fsp3) is 0.0667. The maximum absolute atomic E-state index is 5.81. The van der Waals surface area contributed by atoms with Crippen molar-refractivity contribution < 1.29 is 4.74 Å². The number of nitrogens with zero attached hydrogens (tertiary/aromatic N) is 2. The molecule has 3 rings (SSSR count). The van der Waals surface area contributed by atoms with Crippen LogP contribution in [0.4, 0.5) is 5.69 Å². The smallest absolute Gasteiger partial charge is 0.219 e. The zero-order valence-corrected chi connectivity index (χ0v) is 12.6. The van der Waals surface area contributed by atoms with Crippen molar-refractivity contribution in [2.75, 3.05) is 5.32 Å². The van der Waals surface area contributed by atoms with Crippen LogP contribution >= 0.6 is 22.9 Å². The minimum Gasteiger partial charge on any atom is -0.439 e. The molecule has 0 saturated heterocycles. The number of ether oxygens (including phenoxy) is 1. The maximum atomic E-state index is 5.81. The molecule has 2 aromatic heterocycles. The second-order valence-electron chi connectivity index (χ2n) is 4.23. The van der Waals surface area contributed by atoms with Gasteiger partial charge in [-0.15, -0.1) is 11.3 Å². The van der Waals surface area contributed by atoms with Gasteiger partial charge in [-0.1, -0.05) is 23.7 Å². The summed E-state index contributed by atoms with van der Waals surface area (Å²) in [4.78, 5) is 9.23. The van der Waals surface area contributed by atoms with E-state index in [0.29, 0.717) is 16.9 Å². The average Bonchev–Trinajstić information content (AvgIpc) is 2.92. The lowest BCUT2D eigenvalue weighted by atomic mass is 10.3.